The molecule has 1 unspecified atom stereocenters. The Labute approximate surface area is 159 Å². The van der Waals surface area contributed by atoms with Crippen LogP contribution in [0.15, 0.2) is 48.5 Å². The number of carbonyl (C=O) groups is 3. The van der Waals surface area contributed by atoms with E-state index in [4.69, 9.17) is 28.3 Å². The van der Waals surface area contributed by atoms with E-state index >= 15 is 0 Å². The summed E-state index contributed by atoms with van der Waals surface area (Å²) in [7, 11) is 0. The predicted molar refractivity (Wildman–Crippen MR) is 98.4 cm³/mol. The van der Waals surface area contributed by atoms with Crippen LogP contribution < -0.4 is 16.0 Å². The number of amides is 3. The molecule has 1 aliphatic rings. The predicted octanol–water partition coefficient (Wildman–Crippen LogP) is 3.06. The maximum atomic E-state index is 11.2. The van der Waals surface area contributed by atoms with Crippen LogP contribution in [-0.2, 0) is 9.59 Å². The van der Waals surface area contributed by atoms with E-state index in [1.54, 1.807) is 48.5 Å². The number of halogens is 2. The van der Waals surface area contributed by atoms with Crippen molar-refractivity contribution in [2.24, 2.45) is 0 Å². The molecule has 1 fully saturated rings. The van der Waals surface area contributed by atoms with Crippen LogP contribution in [0.4, 0.5) is 10.5 Å². The number of carboxylic acids is 1. The Hall–Kier alpha value is -2.77. The van der Waals surface area contributed by atoms with Crippen molar-refractivity contribution in [1.29, 1.82) is 0 Å². The van der Waals surface area contributed by atoms with Gasteiger partial charge in [0.2, 0.25) is 0 Å². The third kappa shape index (κ3) is 5.94. The summed E-state index contributed by atoms with van der Waals surface area (Å²) in [5, 5.41) is 16.9. The third-order valence-electron chi connectivity index (χ3n) is 3.27. The first-order valence-electron chi connectivity index (χ1n) is 7.43. The fourth-order valence-corrected chi connectivity index (χ4v) is 2.30. The molecule has 7 nitrogen and oxygen atoms in total. The Balaban J connectivity index is 0.000000190. The van der Waals surface area contributed by atoms with E-state index in [9.17, 15) is 14.4 Å². The van der Waals surface area contributed by atoms with Crippen LogP contribution in [-0.4, -0.2) is 29.6 Å². The highest BCUT2D eigenvalue weighted by Crippen LogP contribution is 2.18. The fourth-order valence-electron chi connectivity index (χ4n) is 2.05. The van der Waals surface area contributed by atoms with Crippen molar-refractivity contribution in [3.63, 3.8) is 0 Å². The minimum absolute atomic E-state index is 0.0817. The minimum atomic E-state index is -0.884. The molecule has 136 valence electrons. The fraction of sp³-hybridized carbons (Fsp3) is 0.118. The molecule has 26 heavy (non-hydrogen) atoms. The summed E-state index contributed by atoms with van der Waals surface area (Å²) in [6.07, 6.45) is 0. The van der Waals surface area contributed by atoms with Crippen molar-refractivity contribution in [3.05, 3.63) is 64.1 Å². The molecule has 2 aromatic rings. The molecule has 0 spiro atoms. The van der Waals surface area contributed by atoms with Gasteiger partial charge in [-0.15, -0.1) is 0 Å². The quantitative estimate of drug-likeness (QED) is 0.595. The molecule has 1 aliphatic heterocycles. The van der Waals surface area contributed by atoms with Gasteiger partial charge in [-0.05, 0) is 42.0 Å². The molecule has 9 heteroatoms. The first kappa shape index (κ1) is 19.6. The maximum Gasteiger partial charge on any atom is 0.322 e. The molecule has 1 heterocycles. The van der Waals surface area contributed by atoms with Crippen LogP contribution in [0.1, 0.15) is 11.6 Å². The normalized spacial score (nSPS) is 15.4. The Morgan fingerprint density at radius 2 is 1.54 bits per heavy atom. The highest BCUT2D eigenvalue weighted by Gasteiger charge is 2.30. The molecular weight excluding hydrogens is 381 g/mol. The molecule has 0 aliphatic carbocycles. The lowest BCUT2D eigenvalue weighted by molar-refractivity contribution is -0.135. The van der Waals surface area contributed by atoms with E-state index in [0.29, 0.717) is 10.0 Å². The molecule has 1 atom stereocenters. The number of urea groups is 1. The van der Waals surface area contributed by atoms with E-state index in [1.165, 1.54) is 0 Å². The number of nitrogens with one attached hydrogen (secondary N) is 3. The number of rotatable bonds is 4. The maximum absolute atomic E-state index is 11.2. The summed E-state index contributed by atoms with van der Waals surface area (Å²) in [4.78, 5) is 32.2. The molecule has 1 saturated heterocycles. The number of carboxylic acid groups (broad SMARTS) is 1. The number of hydrogen-bond acceptors (Lipinski definition) is 4. The largest absolute Gasteiger partial charge is 0.480 e. The number of hydrogen-bond donors (Lipinski definition) is 4. The second kappa shape index (κ2) is 9.07. The zero-order valence-corrected chi connectivity index (χ0v) is 14.8. The van der Waals surface area contributed by atoms with Gasteiger partial charge in [-0.2, -0.15) is 0 Å². The molecule has 4 N–H and O–H groups in total. The summed E-state index contributed by atoms with van der Waals surface area (Å²) < 4.78 is 0. The van der Waals surface area contributed by atoms with Crippen LogP contribution in [0.25, 0.3) is 0 Å². The number of benzene rings is 2. The summed E-state index contributed by atoms with van der Waals surface area (Å²) in [5.74, 6) is -1.22. The van der Waals surface area contributed by atoms with Gasteiger partial charge in [0.05, 0.1) is 0 Å². The number of anilines is 1. The number of carbonyl (C=O) groups excluding carboxylic acids is 2. The summed E-state index contributed by atoms with van der Waals surface area (Å²) in [6, 6.07) is 12.6. The first-order chi connectivity index (χ1) is 12.3. The van der Waals surface area contributed by atoms with Gasteiger partial charge in [-0.1, -0.05) is 35.3 Å². The second-order valence-corrected chi connectivity index (χ2v) is 6.07. The van der Waals surface area contributed by atoms with Crippen LogP contribution in [0.2, 0.25) is 10.0 Å². The van der Waals surface area contributed by atoms with E-state index < -0.39 is 18.0 Å². The van der Waals surface area contributed by atoms with Crippen LogP contribution in [0.3, 0.4) is 0 Å². The van der Waals surface area contributed by atoms with E-state index in [2.05, 4.69) is 16.0 Å². The van der Waals surface area contributed by atoms with Crippen molar-refractivity contribution < 1.29 is 19.5 Å². The van der Waals surface area contributed by atoms with Gasteiger partial charge in [-0.3, -0.25) is 14.9 Å². The molecule has 0 saturated carbocycles. The lowest BCUT2D eigenvalue weighted by Crippen LogP contribution is -2.22. The molecule has 3 rings (SSSR count). The second-order valence-electron chi connectivity index (χ2n) is 5.20. The Bertz CT molecular complexity index is 795. The van der Waals surface area contributed by atoms with Crippen molar-refractivity contribution in [2.75, 3.05) is 11.9 Å². The van der Waals surface area contributed by atoms with Crippen LogP contribution in [0.5, 0.6) is 0 Å². The highest BCUT2D eigenvalue weighted by atomic mass is 35.5. The molecule has 2 aromatic carbocycles. The number of imide groups is 1. The van der Waals surface area contributed by atoms with Gasteiger partial charge in [0, 0.05) is 15.7 Å². The van der Waals surface area contributed by atoms with E-state index in [-0.39, 0.29) is 12.5 Å². The highest BCUT2D eigenvalue weighted by molar-refractivity contribution is 6.30. The number of aliphatic carboxylic acids is 1. The SMILES string of the molecule is O=C(O)CNc1ccc(Cl)cc1.O=C1NC(=O)C(c2ccc(Cl)cc2)N1. The van der Waals surface area contributed by atoms with Crippen LogP contribution >= 0.6 is 23.2 Å². The van der Waals surface area contributed by atoms with Crippen LogP contribution in [0, 0.1) is 0 Å². The molecule has 0 bridgehead atoms. The van der Waals surface area contributed by atoms with Gasteiger partial charge in [0.1, 0.15) is 12.6 Å². The summed E-state index contributed by atoms with van der Waals surface area (Å²) >= 11 is 11.3. The monoisotopic (exact) mass is 395 g/mol. The zero-order chi connectivity index (χ0) is 19.1. The van der Waals surface area contributed by atoms with Crippen molar-refractivity contribution in [2.45, 2.75) is 6.04 Å². The van der Waals surface area contributed by atoms with E-state index in [0.717, 1.165) is 11.3 Å². The van der Waals surface area contributed by atoms with Crippen molar-refractivity contribution in [3.8, 4) is 0 Å². The third-order valence-corrected chi connectivity index (χ3v) is 3.77. The molecule has 0 radical (unpaired) electrons. The Morgan fingerprint density at radius 1 is 1.00 bits per heavy atom. The molecule has 3 amide bonds. The average molecular weight is 396 g/mol. The minimum Gasteiger partial charge on any atom is -0.480 e. The van der Waals surface area contributed by atoms with Gasteiger partial charge < -0.3 is 15.7 Å². The van der Waals surface area contributed by atoms with Gasteiger partial charge in [-0.25, -0.2) is 4.79 Å². The first-order valence-corrected chi connectivity index (χ1v) is 8.19. The van der Waals surface area contributed by atoms with Crippen molar-refractivity contribution >= 4 is 46.8 Å². The lowest BCUT2D eigenvalue weighted by atomic mass is 10.1. The zero-order valence-electron chi connectivity index (χ0n) is 13.3. The average Bonchev–Trinajstić information content (AvgIpc) is 2.94. The Kier molecular flexibility index (Phi) is 6.82. The topological polar surface area (TPSA) is 108 Å². The summed E-state index contributed by atoms with van der Waals surface area (Å²) in [6.45, 7) is -0.0817. The summed E-state index contributed by atoms with van der Waals surface area (Å²) in [5.41, 5.74) is 1.47. The molecular formula is C17H15Cl2N3O4. The van der Waals surface area contributed by atoms with Gasteiger partial charge >= 0.3 is 12.0 Å². The smallest absolute Gasteiger partial charge is 0.322 e. The van der Waals surface area contributed by atoms with Gasteiger partial charge in [0.15, 0.2) is 0 Å². The van der Waals surface area contributed by atoms with E-state index in [1.807, 2.05) is 0 Å². The Morgan fingerprint density at radius 3 is 2.00 bits per heavy atom. The van der Waals surface area contributed by atoms with Gasteiger partial charge in [0.25, 0.3) is 5.91 Å². The lowest BCUT2D eigenvalue weighted by Gasteiger charge is -2.06. The standard InChI is InChI=1S/C9H7ClN2O2.C8H8ClNO2/c10-6-3-1-5(2-4-6)7-8(13)12-9(14)11-7;9-6-1-3-7(4-2-6)10-5-8(11)12/h1-4,7H,(H2,11,12,13,14);1-4,10H,5H2,(H,11,12). The van der Waals surface area contributed by atoms with Crippen molar-refractivity contribution in [1.82, 2.24) is 10.6 Å². The molecule has 0 aromatic heterocycles.